The number of nitrogens with two attached hydrogens (primary N) is 1. The van der Waals surface area contributed by atoms with Crippen molar-refractivity contribution in [3.05, 3.63) is 59.7 Å². The minimum atomic E-state index is -0.463. The maximum absolute atomic E-state index is 13.6. The number of anilines is 1. The summed E-state index contributed by atoms with van der Waals surface area (Å²) >= 11 is 0. The molecule has 1 amide bonds. The van der Waals surface area contributed by atoms with Gasteiger partial charge >= 0.3 is 0 Å². The molecule has 104 valence electrons. The Bertz CT molecular complexity index is 618. The van der Waals surface area contributed by atoms with Crippen LogP contribution in [0.15, 0.2) is 42.7 Å². The number of nitrogens with zero attached hydrogens (tertiary/aromatic N) is 1. The van der Waals surface area contributed by atoms with Gasteiger partial charge in [-0.3, -0.25) is 15.6 Å². The largest absolute Gasteiger partial charge is 0.345 e. The number of nitrogens with one attached hydrogen (secondary N) is 2. The summed E-state index contributed by atoms with van der Waals surface area (Å²) in [5, 5.41) is 2.71. The molecule has 0 bridgehead atoms. The molecule has 1 aromatic carbocycles. The van der Waals surface area contributed by atoms with Crippen molar-refractivity contribution in [2.75, 3.05) is 5.43 Å². The first-order valence-corrected chi connectivity index (χ1v) is 6.09. The number of carbonyl (C=O) groups excluding carboxylic acids is 1. The van der Waals surface area contributed by atoms with Crippen LogP contribution in [0.1, 0.15) is 28.9 Å². The lowest BCUT2D eigenvalue weighted by Crippen LogP contribution is -2.28. The van der Waals surface area contributed by atoms with E-state index in [2.05, 4.69) is 15.7 Å². The van der Waals surface area contributed by atoms with E-state index in [0.717, 1.165) is 0 Å². The Morgan fingerprint density at radius 1 is 1.35 bits per heavy atom. The van der Waals surface area contributed by atoms with Crippen LogP contribution < -0.4 is 16.6 Å². The highest BCUT2D eigenvalue weighted by Crippen LogP contribution is 2.18. The van der Waals surface area contributed by atoms with Gasteiger partial charge < -0.3 is 10.7 Å². The van der Waals surface area contributed by atoms with E-state index < -0.39 is 6.04 Å². The maximum Gasteiger partial charge on any atom is 0.255 e. The van der Waals surface area contributed by atoms with Crippen molar-refractivity contribution in [3.8, 4) is 0 Å². The van der Waals surface area contributed by atoms with Crippen molar-refractivity contribution in [1.82, 2.24) is 10.3 Å². The highest BCUT2D eigenvalue weighted by Gasteiger charge is 2.16. The molecule has 2 rings (SSSR count). The van der Waals surface area contributed by atoms with Crippen LogP contribution in [0, 0.1) is 5.82 Å². The van der Waals surface area contributed by atoms with E-state index in [1.54, 1.807) is 31.2 Å². The first-order chi connectivity index (χ1) is 9.63. The number of pyridine rings is 1. The van der Waals surface area contributed by atoms with E-state index in [9.17, 15) is 9.18 Å². The second kappa shape index (κ2) is 6.12. The summed E-state index contributed by atoms with van der Waals surface area (Å²) in [6.07, 6.45) is 2.92. The molecule has 2 aromatic rings. The highest BCUT2D eigenvalue weighted by atomic mass is 19.1. The fourth-order valence-electron chi connectivity index (χ4n) is 1.88. The van der Waals surface area contributed by atoms with Crippen molar-refractivity contribution >= 4 is 11.6 Å². The summed E-state index contributed by atoms with van der Waals surface area (Å²) in [7, 11) is 0. The normalized spacial score (nSPS) is 11.8. The summed E-state index contributed by atoms with van der Waals surface area (Å²) in [4.78, 5) is 16.0. The predicted molar refractivity (Wildman–Crippen MR) is 74.3 cm³/mol. The highest BCUT2D eigenvalue weighted by molar-refractivity contribution is 5.99. The van der Waals surface area contributed by atoms with Gasteiger partial charge in [0.2, 0.25) is 0 Å². The average Bonchev–Trinajstić information content (AvgIpc) is 2.47. The van der Waals surface area contributed by atoms with E-state index in [1.807, 2.05) is 0 Å². The Labute approximate surface area is 116 Å². The number of nitrogen functional groups attached to an aromatic ring is 1. The summed E-state index contributed by atoms with van der Waals surface area (Å²) in [6.45, 7) is 1.71. The number of hydrogen-bond acceptors (Lipinski definition) is 4. The van der Waals surface area contributed by atoms with Crippen molar-refractivity contribution in [3.63, 3.8) is 0 Å². The van der Waals surface area contributed by atoms with E-state index in [1.165, 1.54) is 18.5 Å². The standard InChI is InChI=1S/C14H15FN4O/c1-9(10-4-2-3-5-12(10)15)18-14(20)11-8-17-7-6-13(11)19-16/h2-9H,16H2,1H3,(H,17,19)(H,18,20). The average molecular weight is 274 g/mol. The van der Waals surface area contributed by atoms with Crippen molar-refractivity contribution in [1.29, 1.82) is 0 Å². The fourth-order valence-corrected chi connectivity index (χ4v) is 1.88. The molecule has 20 heavy (non-hydrogen) atoms. The van der Waals surface area contributed by atoms with Crippen molar-refractivity contribution < 1.29 is 9.18 Å². The minimum absolute atomic E-state index is 0.304. The van der Waals surface area contributed by atoms with E-state index in [4.69, 9.17) is 5.84 Å². The predicted octanol–water partition coefficient (Wildman–Crippen LogP) is 2.00. The summed E-state index contributed by atoms with van der Waals surface area (Å²) in [5.74, 6) is 4.61. The summed E-state index contributed by atoms with van der Waals surface area (Å²) < 4.78 is 13.6. The second-order valence-corrected chi connectivity index (χ2v) is 4.28. The zero-order chi connectivity index (χ0) is 14.5. The van der Waals surface area contributed by atoms with Crippen LogP contribution in [-0.4, -0.2) is 10.9 Å². The number of carbonyl (C=O) groups is 1. The van der Waals surface area contributed by atoms with E-state index in [-0.39, 0.29) is 11.7 Å². The van der Waals surface area contributed by atoms with E-state index >= 15 is 0 Å². The van der Waals surface area contributed by atoms with Crippen LogP contribution in [-0.2, 0) is 0 Å². The molecule has 1 unspecified atom stereocenters. The van der Waals surface area contributed by atoms with Gasteiger partial charge in [0.05, 0.1) is 17.3 Å². The third-order valence-corrected chi connectivity index (χ3v) is 2.94. The monoisotopic (exact) mass is 274 g/mol. The van der Waals surface area contributed by atoms with E-state index in [0.29, 0.717) is 16.8 Å². The number of hydrogen-bond donors (Lipinski definition) is 3. The van der Waals surface area contributed by atoms with Crippen LogP contribution in [0.3, 0.4) is 0 Å². The molecule has 0 aliphatic carbocycles. The Morgan fingerprint density at radius 2 is 2.10 bits per heavy atom. The van der Waals surface area contributed by atoms with Crippen LogP contribution in [0.25, 0.3) is 0 Å². The molecule has 0 saturated carbocycles. The lowest BCUT2D eigenvalue weighted by molar-refractivity contribution is 0.0940. The van der Waals surface area contributed by atoms with Crippen LogP contribution >= 0.6 is 0 Å². The Morgan fingerprint density at radius 3 is 2.80 bits per heavy atom. The van der Waals surface area contributed by atoms with Gasteiger partial charge in [0.1, 0.15) is 5.82 Å². The van der Waals surface area contributed by atoms with Gasteiger partial charge in [-0.15, -0.1) is 0 Å². The number of amides is 1. The molecular weight excluding hydrogens is 259 g/mol. The van der Waals surface area contributed by atoms with Crippen LogP contribution in [0.2, 0.25) is 0 Å². The molecule has 0 aliphatic rings. The number of benzene rings is 1. The first kappa shape index (κ1) is 14.0. The van der Waals surface area contributed by atoms with Gasteiger partial charge in [0, 0.05) is 18.0 Å². The van der Waals surface area contributed by atoms with Gasteiger partial charge in [-0.05, 0) is 19.1 Å². The van der Waals surface area contributed by atoms with Gasteiger partial charge in [0.15, 0.2) is 0 Å². The number of hydrazine groups is 1. The van der Waals surface area contributed by atoms with Crippen molar-refractivity contribution in [2.45, 2.75) is 13.0 Å². The Hall–Kier alpha value is -2.47. The zero-order valence-electron chi connectivity index (χ0n) is 10.9. The van der Waals surface area contributed by atoms with Crippen LogP contribution in [0.4, 0.5) is 10.1 Å². The minimum Gasteiger partial charge on any atom is -0.345 e. The topological polar surface area (TPSA) is 80.0 Å². The molecule has 4 N–H and O–H groups in total. The second-order valence-electron chi connectivity index (χ2n) is 4.28. The molecule has 1 heterocycles. The van der Waals surface area contributed by atoms with Gasteiger partial charge in [0.25, 0.3) is 5.91 Å². The van der Waals surface area contributed by atoms with Gasteiger partial charge in [-0.1, -0.05) is 18.2 Å². The third-order valence-electron chi connectivity index (χ3n) is 2.94. The molecule has 0 radical (unpaired) electrons. The number of halogens is 1. The molecule has 0 fully saturated rings. The molecule has 1 atom stereocenters. The number of aromatic nitrogens is 1. The quantitative estimate of drug-likeness (QED) is 0.588. The SMILES string of the molecule is CC(NC(=O)c1cnccc1NN)c1ccccc1F. The Kier molecular flexibility index (Phi) is 4.27. The molecular formula is C14H15FN4O. The zero-order valence-corrected chi connectivity index (χ0v) is 10.9. The lowest BCUT2D eigenvalue weighted by Gasteiger charge is -2.16. The lowest BCUT2D eigenvalue weighted by atomic mass is 10.1. The molecule has 0 aliphatic heterocycles. The van der Waals surface area contributed by atoms with Gasteiger partial charge in [-0.25, -0.2) is 4.39 Å². The fraction of sp³-hybridized carbons (Fsp3) is 0.143. The number of rotatable bonds is 4. The molecule has 0 spiro atoms. The third kappa shape index (κ3) is 2.92. The Balaban J connectivity index is 2.18. The van der Waals surface area contributed by atoms with Gasteiger partial charge in [-0.2, -0.15) is 0 Å². The molecule has 1 aromatic heterocycles. The molecule has 0 saturated heterocycles. The van der Waals surface area contributed by atoms with Crippen LogP contribution in [0.5, 0.6) is 0 Å². The molecule has 5 nitrogen and oxygen atoms in total. The first-order valence-electron chi connectivity index (χ1n) is 6.09. The smallest absolute Gasteiger partial charge is 0.255 e. The summed E-state index contributed by atoms with van der Waals surface area (Å²) in [6, 6.07) is 7.43. The maximum atomic E-state index is 13.6. The summed E-state index contributed by atoms with van der Waals surface area (Å²) in [5.41, 5.74) is 3.61. The van der Waals surface area contributed by atoms with Crippen molar-refractivity contribution in [2.24, 2.45) is 5.84 Å². The molecule has 6 heteroatoms.